The third-order valence-electron chi connectivity index (χ3n) is 2.16. The minimum Gasteiger partial charge on any atom is -0.380 e. The highest BCUT2D eigenvalue weighted by Crippen LogP contribution is 1.98. The van der Waals surface area contributed by atoms with Crippen LogP contribution in [0.5, 0.6) is 0 Å². The van der Waals surface area contributed by atoms with Crippen molar-refractivity contribution in [2.45, 2.75) is 32.2 Å². The van der Waals surface area contributed by atoms with Gasteiger partial charge in [0.05, 0.1) is 12.6 Å². The maximum absolute atomic E-state index is 11.4. The largest absolute Gasteiger partial charge is 0.380 e. The predicted molar refractivity (Wildman–Crippen MR) is 69.7 cm³/mol. The highest BCUT2D eigenvalue weighted by atomic mass is 32.2. The molecule has 0 unspecified atom stereocenters. The summed E-state index contributed by atoms with van der Waals surface area (Å²) in [6.45, 7) is 4.01. The fourth-order valence-electron chi connectivity index (χ4n) is 1.10. The van der Waals surface area contributed by atoms with E-state index in [0.717, 1.165) is 31.6 Å². The molecular weight excluding hydrogens is 224 g/mol. The Morgan fingerprint density at radius 2 is 2.25 bits per heavy atom. The molecule has 0 aliphatic carbocycles. The molecule has 0 spiro atoms. The molecule has 3 N–H and O–H groups in total. The van der Waals surface area contributed by atoms with E-state index in [-0.39, 0.29) is 11.9 Å². The monoisotopic (exact) mass is 248 g/mol. The Balaban J connectivity index is 3.35. The molecule has 0 saturated heterocycles. The number of nitrogens with two attached hydrogens (primary N) is 1. The van der Waals surface area contributed by atoms with Crippen molar-refractivity contribution in [1.29, 1.82) is 0 Å². The van der Waals surface area contributed by atoms with Crippen LogP contribution < -0.4 is 11.1 Å². The van der Waals surface area contributed by atoms with Crippen LogP contribution in [-0.4, -0.2) is 43.7 Å². The lowest BCUT2D eigenvalue weighted by atomic mass is 10.2. The number of hydrogen-bond acceptors (Lipinski definition) is 4. The van der Waals surface area contributed by atoms with Crippen LogP contribution in [0, 0.1) is 0 Å². The first kappa shape index (κ1) is 15.7. The maximum Gasteiger partial charge on any atom is 0.237 e. The van der Waals surface area contributed by atoms with Gasteiger partial charge in [-0.3, -0.25) is 4.79 Å². The second-order valence-electron chi connectivity index (χ2n) is 3.64. The van der Waals surface area contributed by atoms with Crippen molar-refractivity contribution in [3.8, 4) is 0 Å². The topological polar surface area (TPSA) is 64.3 Å². The molecule has 0 aromatic heterocycles. The molecule has 5 heteroatoms. The second-order valence-corrected chi connectivity index (χ2v) is 4.63. The molecule has 0 rings (SSSR count). The molecule has 96 valence electrons. The SMILES string of the molecule is CCCCOCCNC(=O)[C@@H](N)CCSC. The Kier molecular flexibility index (Phi) is 11.0. The molecule has 0 aliphatic rings. The minimum absolute atomic E-state index is 0.0758. The summed E-state index contributed by atoms with van der Waals surface area (Å²) in [4.78, 5) is 11.4. The lowest BCUT2D eigenvalue weighted by Crippen LogP contribution is -2.42. The van der Waals surface area contributed by atoms with Gasteiger partial charge in [0.2, 0.25) is 5.91 Å². The zero-order valence-corrected chi connectivity index (χ0v) is 11.1. The van der Waals surface area contributed by atoms with Crippen molar-refractivity contribution in [1.82, 2.24) is 5.32 Å². The third kappa shape index (κ3) is 9.00. The van der Waals surface area contributed by atoms with Crippen molar-refractivity contribution < 1.29 is 9.53 Å². The van der Waals surface area contributed by atoms with E-state index in [9.17, 15) is 4.79 Å². The van der Waals surface area contributed by atoms with Gasteiger partial charge in [-0.15, -0.1) is 0 Å². The second kappa shape index (κ2) is 11.2. The summed E-state index contributed by atoms with van der Waals surface area (Å²) < 4.78 is 5.33. The van der Waals surface area contributed by atoms with Gasteiger partial charge in [0, 0.05) is 13.2 Å². The minimum atomic E-state index is -0.386. The molecule has 0 aromatic carbocycles. The van der Waals surface area contributed by atoms with Gasteiger partial charge in [0.15, 0.2) is 0 Å². The van der Waals surface area contributed by atoms with Crippen molar-refractivity contribution in [2.75, 3.05) is 31.8 Å². The molecule has 4 nitrogen and oxygen atoms in total. The van der Waals surface area contributed by atoms with Crippen LogP contribution in [-0.2, 0) is 9.53 Å². The van der Waals surface area contributed by atoms with Crippen molar-refractivity contribution in [3.05, 3.63) is 0 Å². The lowest BCUT2D eigenvalue weighted by Gasteiger charge is -2.11. The Morgan fingerprint density at radius 1 is 1.50 bits per heavy atom. The number of carbonyl (C=O) groups excluding carboxylic acids is 1. The van der Waals surface area contributed by atoms with E-state index in [1.54, 1.807) is 11.8 Å². The number of rotatable bonds is 10. The normalized spacial score (nSPS) is 12.4. The summed E-state index contributed by atoms with van der Waals surface area (Å²) in [7, 11) is 0. The number of nitrogens with one attached hydrogen (secondary N) is 1. The quantitative estimate of drug-likeness (QED) is 0.566. The van der Waals surface area contributed by atoms with Gasteiger partial charge in [0.1, 0.15) is 0 Å². The first-order valence-corrected chi connectivity index (χ1v) is 7.21. The fraction of sp³-hybridized carbons (Fsp3) is 0.909. The number of amides is 1. The number of ether oxygens (including phenoxy) is 1. The van der Waals surface area contributed by atoms with Gasteiger partial charge in [-0.05, 0) is 24.9 Å². The van der Waals surface area contributed by atoms with E-state index >= 15 is 0 Å². The molecule has 1 atom stereocenters. The highest BCUT2D eigenvalue weighted by molar-refractivity contribution is 7.98. The zero-order chi connectivity index (χ0) is 12.2. The van der Waals surface area contributed by atoms with Gasteiger partial charge in [-0.2, -0.15) is 11.8 Å². The zero-order valence-electron chi connectivity index (χ0n) is 10.3. The van der Waals surface area contributed by atoms with E-state index < -0.39 is 0 Å². The Bertz CT molecular complexity index is 179. The van der Waals surface area contributed by atoms with Crippen molar-refractivity contribution >= 4 is 17.7 Å². The summed E-state index contributed by atoms with van der Waals surface area (Å²) in [5.74, 6) is 0.842. The summed E-state index contributed by atoms with van der Waals surface area (Å²) in [6, 6.07) is -0.386. The van der Waals surface area contributed by atoms with Crippen LogP contribution in [0.4, 0.5) is 0 Å². The molecule has 0 saturated carbocycles. The van der Waals surface area contributed by atoms with Crippen LogP contribution in [0.1, 0.15) is 26.2 Å². The molecule has 16 heavy (non-hydrogen) atoms. The third-order valence-corrected chi connectivity index (χ3v) is 2.80. The Hall–Kier alpha value is -0.260. The molecule has 0 radical (unpaired) electrons. The Morgan fingerprint density at radius 3 is 2.88 bits per heavy atom. The molecule has 0 heterocycles. The maximum atomic E-state index is 11.4. The van der Waals surface area contributed by atoms with Gasteiger partial charge in [0.25, 0.3) is 0 Å². The standard InChI is InChI=1S/C11H24N2O2S/c1-3-4-7-15-8-6-13-11(14)10(12)5-9-16-2/h10H,3-9,12H2,1-2H3,(H,13,14)/t10-/m0/s1. The molecule has 0 bridgehead atoms. The summed E-state index contributed by atoms with van der Waals surface area (Å²) >= 11 is 1.70. The number of carbonyl (C=O) groups is 1. The van der Waals surface area contributed by atoms with E-state index in [4.69, 9.17) is 10.5 Å². The first-order valence-electron chi connectivity index (χ1n) is 5.82. The lowest BCUT2D eigenvalue weighted by molar-refractivity contribution is -0.122. The number of hydrogen-bond donors (Lipinski definition) is 2. The summed E-state index contributed by atoms with van der Waals surface area (Å²) in [6.07, 6.45) is 4.93. The fourth-order valence-corrected chi connectivity index (χ4v) is 1.59. The van der Waals surface area contributed by atoms with E-state index in [0.29, 0.717) is 13.2 Å². The number of unbranched alkanes of at least 4 members (excludes halogenated alkanes) is 1. The summed E-state index contributed by atoms with van der Waals surface area (Å²) in [5, 5.41) is 2.77. The molecular formula is C11H24N2O2S. The first-order chi connectivity index (χ1) is 7.72. The van der Waals surface area contributed by atoms with Gasteiger partial charge in [-0.1, -0.05) is 13.3 Å². The molecule has 0 fully saturated rings. The Labute approximate surface area is 103 Å². The number of thioether (sulfide) groups is 1. The molecule has 0 aromatic rings. The molecule has 1 amide bonds. The van der Waals surface area contributed by atoms with E-state index in [1.807, 2.05) is 6.26 Å². The van der Waals surface area contributed by atoms with Crippen LogP contribution in [0.15, 0.2) is 0 Å². The van der Waals surface area contributed by atoms with Gasteiger partial charge >= 0.3 is 0 Å². The average Bonchev–Trinajstić information content (AvgIpc) is 2.30. The van der Waals surface area contributed by atoms with E-state index in [2.05, 4.69) is 12.2 Å². The van der Waals surface area contributed by atoms with Crippen LogP contribution in [0.2, 0.25) is 0 Å². The summed E-state index contributed by atoms with van der Waals surface area (Å²) in [5.41, 5.74) is 5.70. The molecule has 0 aliphatic heterocycles. The highest BCUT2D eigenvalue weighted by Gasteiger charge is 2.11. The van der Waals surface area contributed by atoms with Crippen LogP contribution >= 0.6 is 11.8 Å². The van der Waals surface area contributed by atoms with Crippen molar-refractivity contribution in [3.63, 3.8) is 0 Å². The van der Waals surface area contributed by atoms with Crippen LogP contribution in [0.3, 0.4) is 0 Å². The van der Waals surface area contributed by atoms with Crippen molar-refractivity contribution in [2.24, 2.45) is 5.73 Å². The van der Waals surface area contributed by atoms with E-state index in [1.165, 1.54) is 0 Å². The average molecular weight is 248 g/mol. The predicted octanol–water partition coefficient (Wildman–Crippen LogP) is 1.000. The van der Waals surface area contributed by atoms with Gasteiger partial charge in [-0.25, -0.2) is 0 Å². The van der Waals surface area contributed by atoms with Crippen LogP contribution in [0.25, 0.3) is 0 Å². The van der Waals surface area contributed by atoms with Gasteiger partial charge < -0.3 is 15.8 Å². The smallest absolute Gasteiger partial charge is 0.237 e.